The lowest BCUT2D eigenvalue weighted by atomic mass is 10.2. The van der Waals surface area contributed by atoms with E-state index in [-0.39, 0.29) is 28.4 Å². The van der Waals surface area contributed by atoms with Crippen LogP contribution in [0.25, 0.3) is 10.9 Å². The number of carbonyl (C=O) groups is 1. The molecule has 1 amide bonds. The molecule has 0 spiro atoms. The summed E-state index contributed by atoms with van der Waals surface area (Å²) in [5.41, 5.74) is 0.227. The van der Waals surface area contributed by atoms with Gasteiger partial charge in [-0.05, 0) is 24.3 Å². The third kappa shape index (κ3) is 3.48. The molecular weight excluding hydrogens is 348 g/mol. The molecule has 0 saturated carbocycles. The quantitative estimate of drug-likeness (QED) is 0.569. The van der Waals surface area contributed by atoms with Crippen molar-refractivity contribution in [1.82, 2.24) is 9.78 Å². The van der Waals surface area contributed by atoms with Crippen LogP contribution >= 0.6 is 11.6 Å². The van der Waals surface area contributed by atoms with Crippen LogP contribution in [0.4, 0.5) is 11.4 Å². The number of hydrogen-bond acceptors (Lipinski definition) is 5. The maximum atomic E-state index is 12.2. The SMILES string of the molecule is O=C(Cn1ncc(=O)c2ccccc21)Nc1ccc(Cl)c([N+](=O)[O-])c1. The fourth-order valence-corrected chi connectivity index (χ4v) is 2.54. The van der Waals surface area contributed by atoms with Gasteiger partial charge in [-0.2, -0.15) is 5.10 Å². The Kier molecular flexibility index (Phi) is 4.44. The normalized spacial score (nSPS) is 10.6. The molecule has 3 rings (SSSR count). The Morgan fingerprint density at radius 3 is 2.80 bits per heavy atom. The summed E-state index contributed by atoms with van der Waals surface area (Å²) >= 11 is 5.74. The van der Waals surface area contributed by atoms with E-state index < -0.39 is 10.8 Å². The molecule has 9 heteroatoms. The lowest BCUT2D eigenvalue weighted by Gasteiger charge is -2.10. The third-order valence-electron chi connectivity index (χ3n) is 3.48. The monoisotopic (exact) mass is 358 g/mol. The minimum atomic E-state index is -0.630. The zero-order chi connectivity index (χ0) is 18.0. The molecule has 8 nitrogen and oxygen atoms in total. The summed E-state index contributed by atoms with van der Waals surface area (Å²) in [4.78, 5) is 34.3. The predicted octanol–water partition coefficient (Wildman–Crippen LogP) is 2.60. The van der Waals surface area contributed by atoms with E-state index in [1.165, 1.54) is 22.9 Å². The van der Waals surface area contributed by atoms with E-state index in [9.17, 15) is 19.7 Å². The summed E-state index contributed by atoms with van der Waals surface area (Å²) in [6, 6.07) is 10.8. The fourth-order valence-electron chi connectivity index (χ4n) is 2.35. The number of aromatic nitrogens is 2. The topological polar surface area (TPSA) is 107 Å². The minimum absolute atomic E-state index is 0.0175. The van der Waals surface area contributed by atoms with Gasteiger partial charge in [0.15, 0.2) is 0 Å². The van der Waals surface area contributed by atoms with Gasteiger partial charge >= 0.3 is 0 Å². The molecule has 126 valence electrons. The van der Waals surface area contributed by atoms with Crippen molar-refractivity contribution in [2.45, 2.75) is 6.54 Å². The van der Waals surface area contributed by atoms with Crippen molar-refractivity contribution >= 4 is 39.8 Å². The van der Waals surface area contributed by atoms with Crippen LogP contribution in [-0.4, -0.2) is 20.6 Å². The van der Waals surface area contributed by atoms with Gasteiger partial charge in [-0.3, -0.25) is 24.4 Å². The first-order chi connectivity index (χ1) is 12.0. The van der Waals surface area contributed by atoms with Crippen molar-refractivity contribution in [2.75, 3.05) is 5.32 Å². The second-order valence-electron chi connectivity index (χ2n) is 5.16. The highest BCUT2D eigenvalue weighted by atomic mass is 35.5. The van der Waals surface area contributed by atoms with Crippen LogP contribution < -0.4 is 10.7 Å². The Morgan fingerprint density at radius 1 is 1.28 bits per heavy atom. The van der Waals surface area contributed by atoms with Crippen LogP contribution in [0.1, 0.15) is 0 Å². The second-order valence-corrected chi connectivity index (χ2v) is 5.56. The number of nitrogens with zero attached hydrogens (tertiary/aromatic N) is 3. The molecule has 1 N–H and O–H groups in total. The van der Waals surface area contributed by atoms with Gasteiger partial charge in [-0.1, -0.05) is 23.7 Å². The first kappa shape index (κ1) is 16.6. The van der Waals surface area contributed by atoms with Gasteiger partial charge in [0.2, 0.25) is 11.3 Å². The maximum absolute atomic E-state index is 12.2. The smallest absolute Gasteiger partial charge is 0.289 e. The summed E-state index contributed by atoms with van der Waals surface area (Å²) < 4.78 is 1.39. The molecule has 1 heterocycles. The molecule has 25 heavy (non-hydrogen) atoms. The highest BCUT2D eigenvalue weighted by Gasteiger charge is 2.14. The van der Waals surface area contributed by atoms with E-state index in [1.54, 1.807) is 24.3 Å². The van der Waals surface area contributed by atoms with Gasteiger partial charge in [0.1, 0.15) is 11.6 Å². The van der Waals surface area contributed by atoms with E-state index in [0.29, 0.717) is 10.9 Å². The van der Waals surface area contributed by atoms with Crippen molar-refractivity contribution in [3.8, 4) is 0 Å². The molecule has 2 aromatic carbocycles. The van der Waals surface area contributed by atoms with Crippen LogP contribution in [-0.2, 0) is 11.3 Å². The largest absolute Gasteiger partial charge is 0.324 e. The number of fused-ring (bicyclic) bond motifs is 1. The highest BCUT2D eigenvalue weighted by Crippen LogP contribution is 2.27. The number of hydrogen-bond donors (Lipinski definition) is 1. The summed E-state index contributed by atoms with van der Waals surface area (Å²) in [6.07, 6.45) is 1.14. The Hall–Kier alpha value is -3.26. The Balaban J connectivity index is 1.85. The average molecular weight is 359 g/mol. The van der Waals surface area contributed by atoms with Gasteiger partial charge in [-0.15, -0.1) is 0 Å². The van der Waals surface area contributed by atoms with Crippen LogP contribution in [0, 0.1) is 10.1 Å². The van der Waals surface area contributed by atoms with Gasteiger partial charge in [0.05, 0.1) is 16.6 Å². The molecule has 1 aromatic heterocycles. The lowest BCUT2D eigenvalue weighted by Crippen LogP contribution is -2.22. The van der Waals surface area contributed by atoms with Crippen molar-refractivity contribution in [2.24, 2.45) is 0 Å². The molecule has 3 aromatic rings. The number of amides is 1. The minimum Gasteiger partial charge on any atom is -0.324 e. The molecule has 0 unspecified atom stereocenters. The zero-order valence-corrected chi connectivity index (χ0v) is 13.4. The number of rotatable bonds is 4. The fraction of sp³-hybridized carbons (Fsp3) is 0.0625. The number of nitro benzene ring substituents is 1. The number of carbonyl (C=O) groups excluding carboxylic acids is 1. The number of halogens is 1. The van der Waals surface area contributed by atoms with Crippen LogP contribution in [0.15, 0.2) is 53.5 Å². The third-order valence-corrected chi connectivity index (χ3v) is 3.80. The first-order valence-electron chi connectivity index (χ1n) is 7.14. The average Bonchev–Trinajstić information content (AvgIpc) is 2.59. The van der Waals surface area contributed by atoms with E-state index in [4.69, 9.17) is 11.6 Å². The zero-order valence-electron chi connectivity index (χ0n) is 12.7. The standard InChI is InChI=1S/C16H11ClN4O4/c17-12-6-5-10(7-14(12)21(24)25)19-16(23)9-20-13-4-2-1-3-11(13)15(22)8-18-20/h1-8H,9H2,(H,19,23). The molecular formula is C16H11ClN4O4. The first-order valence-corrected chi connectivity index (χ1v) is 7.52. The number of anilines is 1. The Morgan fingerprint density at radius 2 is 2.04 bits per heavy atom. The number of nitro groups is 1. The van der Waals surface area contributed by atoms with E-state index in [2.05, 4.69) is 10.4 Å². The highest BCUT2D eigenvalue weighted by molar-refractivity contribution is 6.32. The number of para-hydroxylation sites is 1. The van der Waals surface area contributed by atoms with Gasteiger partial charge in [0, 0.05) is 17.1 Å². The Bertz CT molecular complexity index is 1050. The maximum Gasteiger partial charge on any atom is 0.289 e. The summed E-state index contributed by atoms with van der Waals surface area (Å²) in [5.74, 6) is -0.446. The van der Waals surface area contributed by atoms with Crippen LogP contribution in [0.5, 0.6) is 0 Å². The molecule has 0 atom stereocenters. The summed E-state index contributed by atoms with van der Waals surface area (Å²) in [6.45, 7) is -0.156. The molecule has 0 aliphatic rings. The van der Waals surface area contributed by atoms with Gasteiger partial charge in [0.25, 0.3) is 5.69 Å². The predicted molar refractivity (Wildman–Crippen MR) is 92.7 cm³/mol. The molecule has 0 bridgehead atoms. The van der Waals surface area contributed by atoms with Crippen LogP contribution in [0.3, 0.4) is 0 Å². The molecule has 0 radical (unpaired) electrons. The van der Waals surface area contributed by atoms with Crippen LogP contribution in [0.2, 0.25) is 5.02 Å². The van der Waals surface area contributed by atoms with Crippen molar-refractivity contribution in [3.63, 3.8) is 0 Å². The number of nitrogens with one attached hydrogen (secondary N) is 1. The molecule has 0 saturated heterocycles. The summed E-state index contributed by atoms with van der Waals surface area (Å²) in [7, 11) is 0. The Labute approximate surface area is 145 Å². The summed E-state index contributed by atoms with van der Waals surface area (Å²) in [5, 5.41) is 17.8. The second kappa shape index (κ2) is 6.70. The van der Waals surface area contributed by atoms with Crippen molar-refractivity contribution < 1.29 is 9.72 Å². The lowest BCUT2D eigenvalue weighted by molar-refractivity contribution is -0.384. The van der Waals surface area contributed by atoms with Crippen molar-refractivity contribution in [3.05, 3.63) is 74.0 Å². The molecule has 0 aliphatic carbocycles. The van der Waals surface area contributed by atoms with E-state index >= 15 is 0 Å². The van der Waals surface area contributed by atoms with Gasteiger partial charge in [-0.25, -0.2) is 0 Å². The number of benzene rings is 2. The van der Waals surface area contributed by atoms with E-state index in [1.807, 2.05) is 0 Å². The molecule has 0 fully saturated rings. The molecule has 0 aliphatic heterocycles. The van der Waals surface area contributed by atoms with Gasteiger partial charge < -0.3 is 5.32 Å². The van der Waals surface area contributed by atoms with E-state index in [0.717, 1.165) is 6.20 Å². The van der Waals surface area contributed by atoms with Crippen molar-refractivity contribution in [1.29, 1.82) is 0 Å².